The molecule has 1 aromatic heterocycles. The van der Waals surface area contributed by atoms with Gasteiger partial charge in [0.2, 0.25) is 10.0 Å². The lowest BCUT2D eigenvalue weighted by molar-refractivity contribution is 0.0923. The Labute approximate surface area is 162 Å². The van der Waals surface area contributed by atoms with Crippen LogP contribution in [0.5, 0.6) is 0 Å². The molecule has 0 atom stereocenters. The zero-order chi connectivity index (χ0) is 19.4. The molecule has 2 N–H and O–H groups in total. The lowest BCUT2D eigenvalue weighted by atomic mass is 10.1. The molecule has 0 aliphatic carbocycles. The lowest BCUT2D eigenvalue weighted by Crippen LogP contribution is -2.46. The average Bonchev–Trinajstić information content (AvgIpc) is 3.17. The van der Waals surface area contributed by atoms with Crippen molar-refractivity contribution in [1.29, 1.82) is 0 Å². The summed E-state index contributed by atoms with van der Waals surface area (Å²) in [6, 6.07) is 10.2. The van der Waals surface area contributed by atoms with Gasteiger partial charge in [-0.25, -0.2) is 12.7 Å². The molecule has 7 nitrogen and oxygen atoms in total. The Morgan fingerprint density at radius 1 is 1.07 bits per heavy atom. The minimum atomic E-state index is -3.17. The quantitative estimate of drug-likeness (QED) is 0.794. The van der Waals surface area contributed by atoms with Crippen molar-refractivity contribution in [1.82, 2.24) is 9.62 Å². The molecule has 1 aliphatic heterocycles. The molecule has 0 saturated carbocycles. The van der Waals surface area contributed by atoms with Crippen LogP contribution >= 0.6 is 11.3 Å². The largest absolute Gasteiger partial charge is 0.349 e. The Morgan fingerprint density at radius 2 is 1.74 bits per heavy atom. The van der Waals surface area contributed by atoms with Crippen LogP contribution in [0.2, 0.25) is 0 Å². The van der Waals surface area contributed by atoms with E-state index >= 15 is 0 Å². The summed E-state index contributed by atoms with van der Waals surface area (Å²) in [6.07, 6.45) is 2.38. The minimum Gasteiger partial charge on any atom is -0.349 e. The molecule has 27 heavy (non-hydrogen) atoms. The summed E-state index contributed by atoms with van der Waals surface area (Å²) in [5.41, 5.74) is 1.11. The fraction of sp³-hybridized carbons (Fsp3) is 0.333. The van der Waals surface area contributed by atoms with Crippen molar-refractivity contribution in [3.8, 4) is 0 Å². The molecule has 2 aromatic rings. The molecule has 0 unspecified atom stereocenters. The van der Waals surface area contributed by atoms with Crippen molar-refractivity contribution in [2.75, 3.05) is 24.7 Å². The Balaban J connectivity index is 1.53. The standard InChI is InChI=1S/C18H21N3O4S2/c1-27(24,25)21-10-8-15(9-11-21)19-17(22)13-4-6-14(7-5-13)20-18(23)16-3-2-12-26-16/h2-7,12,15H,8-11H2,1H3,(H,19,22)(H,20,23). The smallest absolute Gasteiger partial charge is 0.265 e. The van der Waals surface area contributed by atoms with Crippen LogP contribution in [0.4, 0.5) is 5.69 Å². The highest BCUT2D eigenvalue weighted by atomic mass is 32.2. The molecule has 1 fully saturated rings. The molecule has 0 spiro atoms. The van der Waals surface area contributed by atoms with E-state index in [-0.39, 0.29) is 17.9 Å². The first-order valence-electron chi connectivity index (χ1n) is 8.54. The molecule has 3 rings (SSSR count). The first-order valence-corrected chi connectivity index (χ1v) is 11.3. The van der Waals surface area contributed by atoms with Crippen LogP contribution in [-0.4, -0.2) is 49.9 Å². The first-order chi connectivity index (χ1) is 12.8. The van der Waals surface area contributed by atoms with Crippen LogP contribution < -0.4 is 10.6 Å². The van der Waals surface area contributed by atoms with Gasteiger partial charge in [-0.2, -0.15) is 0 Å². The maximum absolute atomic E-state index is 12.4. The second kappa shape index (κ2) is 8.20. The number of nitrogens with one attached hydrogen (secondary N) is 2. The lowest BCUT2D eigenvalue weighted by Gasteiger charge is -2.30. The Kier molecular flexibility index (Phi) is 5.93. The number of piperidine rings is 1. The monoisotopic (exact) mass is 407 g/mol. The van der Waals surface area contributed by atoms with E-state index in [9.17, 15) is 18.0 Å². The summed E-state index contributed by atoms with van der Waals surface area (Å²) in [4.78, 5) is 25.0. The second-order valence-electron chi connectivity index (χ2n) is 6.42. The van der Waals surface area contributed by atoms with Gasteiger partial charge in [-0.15, -0.1) is 11.3 Å². The van der Waals surface area contributed by atoms with Crippen LogP contribution in [-0.2, 0) is 10.0 Å². The third-order valence-corrected chi connectivity index (χ3v) is 6.58. The third kappa shape index (κ3) is 5.15. The Morgan fingerprint density at radius 3 is 2.30 bits per heavy atom. The van der Waals surface area contributed by atoms with Gasteiger partial charge in [0.1, 0.15) is 0 Å². The highest BCUT2D eigenvalue weighted by Crippen LogP contribution is 2.16. The Hall–Kier alpha value is -2.23. The van der Waals surface area contributed by atoms with Gasteiger partial charge in [0.15, 0.2) is 0 Å². The van der Waals surface area contributed by atoms with Gasteiger partial charge in [-0.05, 0) is 48.6 Å². The number of sulfonamides is 1. The van der Waals surface area contributed by atoms with E-state index in [0.29, 0.717) is 42.1 Å². The van der Waals surface area contributed by atoms with E-state index < -0.39 is 10.0 Å². The Bertz CT molecular complexity index is 901. The van der Waals surface area contributed by atoms with Gasteiger partial charge >= 0.3 is 0 Å². The molecule has 0 radical (unpaired) electrons. The van der Waals surface area contributed by atoms with Gasteiger partial charge < -0.3 is 10.6 Å². The molecule has 2 amide bonds. The third-order valence-electron chi connectivity index (χ3n) is 4.41. The van der Waals surface area contributed by atoms with Gasteiger partial charge in [0.25, 0.3) is 11.8 Å². The zero-order valence-electron chi connectivity index (χ0n) is 14.8. The maximum atomic E-state index is 12.4. The molecule has 1 aliphatic rings. The van der Waals surface area contributed by atoms with Gasteiger partial charge in [-0.1, -0.05) is 6.07 Å². The van der Waals surface area contributed by atoms with Crippen LogP contribution in [0, 0.1) is 0 Å². The molecular formula is C18H21N3O4S2. The number of hydrogen-bond donors (Lipinski definition) is 2. The number of carbonyl (C=O) groups excluding carboxylic acids is 2. The normalized spacial score (nSPS) is 16.0. The van der Waals surface area contributed by atoms with E-state index in [1.807, 2.05) is 11.4 Å². The van der Waals surface area contributed by atoms with Crippen LogP contribution in [0.3, 0.4) is 0 Å². The van der Waals surface area contributed by atoms with Crippen molar-refractivity contribution in [2.45, 2.75) is 18.9 Å². The van der Waals surface area contributed by atoms with Crippen molar-refractivity contribution < 1.29 is 18.0 Å². The summed E-state index contributed by atoms with van der Waals surface area (Å²) in [5, 5.41) is 7.57. The molecule has 1 saturated heterocycles. The number of anilines is 1. The van der Waals surface area contributed by atoms with E-state index in [2.05, 4.69) is 10.6 Å². The number of nitrogens with zero attached hydrogens (tertiary/aromatic N) is 1. The topological polar surface area (TPSA) is 95.6 Å². The fourth-order valence-electron chi connectivity index (χ4n) is 2.91. The van der Waals surface area contributed by atoms with E-state index in [1.165, 1.54) is 21.9 Å². The predicted molar refractivity (Wildman–Crippen MR) is 106 cm³/mol. The number of amides is 2. The van der Waals surface area contributed by atoms with Crippen LogP contribution in [0.15, 0.2) is 41.8 Å². The predicted octanol–water partition coefficient (Wildman–Crippen LogP) is 2.15. The highest BCUT2D eigenvalue weighted by molar-refractivity contribution is 7.88. The van der Waals surface area contributed by atoms with E-state index in [1.54, 1.807) is 30.3 Å². The van der Waals surface area contributed by atoms with E-state index in [0.717, 1.165) is 0 Å². The van der Waals surface area contributed by atoms with Crippen LogP contribution in [0.1, 0.15) is 32.9 Å². The summed E-state index contributed by atoms with van der Waals surface area (Å²) < 4.78 is 24.5. The first kappa shape index (κ1) is 19.5. The van der Waals surface area contributed by atoms with Crippen molar-refractivity contribution in [3.05, 3.63) is 52.2 Å². The maximum Gasteiger partial charge on any atom is 0.265 e. The van der Waals surface area contributed by atoms with Gasteiger partial charge in [-0.3, -0.25) is 9.59 Å². The number of benzene rings is 1. The number of hydrogen-bond acceptors (Lipinski definition) is 5. The van der Waals surface area contributed by atoms with Crippen molar-refractivity contribution in [3.63, 3.8) is 0 Å². The summed E-state index contributed by atoms with van der Waals surface area (Å²) in [7, 11) is -3.17. The van der Waals surface area contributed by atoms with Gasteiger partial charge in [0.05, 0.1) is 11.1 Å². The molecular weight excluding hydrogens is 386 g/mol. The molecule has 9 heteroatoms. The minimum absolute atomic E-state index is 0.0475. The summed E-state index contributed by atoms with van der Waals surface area (Å²) >= 11 is 1.36. The number of thiophene rings is 1. The molecule has 0 bridgehead atoms. The zero-order valence-corrected chi connectivity index (χ0v) is 16.5. The molecule has 144 valence electrons. The van der Waals surface area contributed by atoms with Crippen LogP contribution in [0.25, 0.3) is 0 Å². The second-order valence-corrected chi connectivity index (χ2v) is 9.35. The molecule has 1 aromatic carbocycles. The number of carbonyl (C=O) groups is 2. The van der Waals surface area contributed by atoms with Gasteiger partial charge in [0, 0.05) is 30.4 Å². The number of rotatable bonds is 5. The molecule has 2 heterocycles. The summed E-state index contributed by atoms with van der Waals surface area (Å²) in [6.45, 7) is 0.828. The SMILES string of the molecule is CS(=O)(=O)N1CCC(NC(=O)c2ccc(NC(=O)c3cccs3)cc2)CC1. The van der Waals surface area contributed by atoms with Crippen molar-refractivity contribution in [2.24, 2.45) is 0 Å². The summed E-state index contributed by atoms with van der Waals surface area (Å²) in [5.74, 6) is -0.385. The highest BCUT2D eigenvalue weighted by Gasteiger charge is 2.25. The van der Waals surface area contributed by atoms with Crippen molar-refractivity contribution >= 4 is 38.9 Å². The average molecular weight is 408 g/mol. The fourth-order valence-corrected chi connectivity index (χ4v) is 4.40. The van der Waals surface area contributed by atoms with E-state index in [4.69, 9.17) is 0 Å².